The Morgan fingerprint density at radius 2 is 2.13 bits per heavy atom. The van der Waals surface area contributed by atoms with Crippen LogP contribution in [0.4, 0.5) is 5.82 Å². The topological polar surface area (TPSA) is 37.8 Å². The number of hydrogen-bond acceptors (Lipinski definition) is 3. The molecule has 0 saturated heterocycles. The number of halogens is 1. The van der Waals surface area contributed by atoms with Gasteiger partial charge in [0.25, 0.3) is 0 Å². The van der Waals surface area contributed by atoms with Gasteiger partial charge in [0, 0.05) is 6.54 Å². The first-order valence-electron chi connectivity index (χ1n) is 5.38. The van der Waals surface area contributed by atoms with E-state index >= 15 is 0 Å². The highest BCUT2D eigenvalue weighted by Crippen LogP contribution is 2.24. The van der Waals surface area contributed by atoms with Crippen LogP contribution in [0.15, 0.2) is 10.8 Å². The molecule has 1 aromatic heterocycles. The third kappa shape index (κ3) is 3.78. The van der Waals surface area contributed by atoms with Crippen molar-refractivity contribution in [2.24, 2.45) is 5.92 Å². The Balaban J connectivity index is 2.80. The van der Waals surface area contributed by atoms with E-state index in [1.807, 2.05) is 0 Å². The molecule has 0 aliphatic carbocycles. The minimum Gasteiger partial charge on any atom is -0.369 e. The van der Waals surface area contributed by atoms with Gasteiger partial charge in [-0.25, -0.2) is 9.97 Å². The fourth-order valence-electron chi connectivity index (χ4n) is 1.30. The molecule has 1 heterocycles. The normalized spacial score (nSPS) is 10.7. The lowest BCUT2D eigenvalue weighted by atomic mass is 10.1. The van der Waals surface area contributed by atoms with E-state index < -0.39 is 0 Å². The second kappa shape index (κ2) is 6.05. The summed E-state index contributed by atoms with van der Waals surface area (Å²) < 4.78 is 1.01. The molecular weight excluding hydrogens is 254 g/mol. The molecule has 0 fully saturated rings. The van der Waals surface area contributed by atoms with Crippen LogP contribution < -0.4 is 5.32 Å². The lowest BCUT2D eigenvalue weighted by Crippen LogP contribution is -2.06. The van der Waals surface area contributed by atoms with Crippen molar-refractivity contribution in [1.29, 1.82) is 0 Å². The molecule has 1 rings (SSSR count). The van der Waals surface area contributed by atoms with Crippen LogP contribution in [0.1, 0.15) is 32.9 Å². The van der Waals surface area contributed by atoms with Gasteiger partial charge in [-0.3, -0.25) is 0 Å². The molecule has 0 bridgehead atoms. The second-order valence-electron chi connectivity index (χ2n) is 4.01. The third-order valence-corrected chi connectivity index (χ3v) is 2.84. The van der Waals surface area contributed by atoms with Gasteiger partial charge in [0.1, 0.15) is 12.1 Å². The summed E-state index contributed by atoms with van der Waals surface area (Å²) in [6.07, 6.45) is 3.69. The van der Waals surface area contributed by atoms with Crippen molar-refractivity contribution in [2.75, 3.05) is 11.9 Å². The number of aromatic nitrogens is 2. The molecule has 3 nitrogen and oxygen atoms in total. The Bertz CT molecular complexity index is 313. The summed E-state index contributed by atoms with van der Waals surface area (Å²) in [6.45, 7) is 7.45. The molecule has 0 amide bonds. The Labute approximate surface area is 99.8 Å². The predicted octanol–water partition coefficient (Wildman–Crippen LogP) is 3.26. The Kier molecular flexibility index (Phi) is 5.02. The van der Waals surface area contributed by atoms with Crippen LogP contribution in [0.25, 0.3) is 0 Å². The average Bonchev–Trinajstić information content (AvgIpc) is 2.19. The lowest BCUT2D eigenvalue weighted by molar-refractivity contribution is 0.632. The van der Waals surface area contributed by atoms with Crippen molar-refractivity contribution in [2.45, 2.75) is 33.6 Å². The van der Waals surface area contributed by atoms with Gasteiger partial charge in [-0.05, 0) is 34.7 Å². The van der Waals surface area contributed by atoms with Crippen LogP contribution in [0.2, 0.25) is 0 Å². The number of hydrogen-bond donors (Lipinski definition) is 1. The largest absolute Gasteiger partial charge is 0.369 e. The number of nitrogens with one attached hydrogen (secondary N) is 1. The maximum atomic E-state index is 4.29. The van der Waals surface area contributed by atoms with E-state index in [-0.39, 0.29) is 0 Å². The molecule has 0 aliphatic heterocycles. The molecule has 4 heteroatoms. The van der Waals surface area contributed by atoms with E-state index in [9.17, 15) is 0 Å². The zero-order chi connectivity index (χ0) is 11.3. The number of nitrogens with zero attached hydrogens (tertiary/aromatic N) is 2. The van der Waals surface area contributed by atoms with Crippen molar-refractivity contribution < 1.29 is 0 Å². The quantitative estimate of drug-likeness (QED) is 0.894. The van der Waals surface area contributed by atoms with E-state index in [4.69, 9.17) is 0 Å². The SMILES string of the molecule is CCCNc1ncnc(CC(C)C)c1Br. The molecule has 0 unspecified atom stereocenters. The van der Waals surface area contributed by atoms with Crippen LogP contribution in [0.3, 0.4) is 0 Å². The van der Waals surface area contributed by atoms with E-state index in [0.29, 0.717) is 5.92 Å². The minimum atomic E-state index is 0.607. The van der Waals surface area contributed by atoms with Crippen LogP contribution in [0.5, 0.6) is 0 Å². The van der Waals surface area contributed by atoms with Gasteiger partial charge < -0.3 is 5.32 Å². The molecule has 1 N–H and O–H groups in total. The Morgan fingerprint density at radius 1 is 1.40 bits per heavy atom. The summed E-state index contributed by atoms with van der Waals surface area (Å²) in [5.74, 6) is 1.51. The second-order valence-corrected chi connectivity index (χ2v) is 4.80. The molecule has 15 heavy (non-hydrogen) atoms. The molecule has 0 atom stereocenters. The highest BCUT2D eigenvalue weighted by molar-refractivity contribution is 9.10. The average molecular weight is 272 g/mol. The first kappa shape index (κ1) is 12.4. The number of rotatable bonds is 5. The van der Waals surface area contributed by atoms with Crippen molar-refractivity contribution in [1.82, 2.24) is 9.97 Å². The molecule has 0 aliphatic rings. The highest BCUT2D eigenvalue weighted by Gasteiger charge is 2.09. The zero-order valence-corrected chi connectivity index (χ0v) is 11.1. The molecular formula is C11H18BrN3. The van der Waals surface area contributed by atoms with Gasteiger partial charge in [-0.2, -0.15) is 0 Å². The minimum absolute atomic E-state index is 0.607. The summed E-state index contributed by atoms with van der Waals surface area (Å²) in [5.41, 5.74) is 1.08. The van der Waals surface area contributed by atoms with Gasteiger partial charge in [0.15, 0.2) is 0 Å². The van der Waals surface area contributed by atoms with E-state index in [1.165, 1.54) is 0 Å². The molecule has 84 valence electrons. The summed E-state index contributed by atoms with van der Waals surface area (Å²) >= 11 is 3.55. The Morgan fingerprint density at radius 3 is 2.73 bits per heavy atom. The van der Waals surface area contributed by atoms with Crippen LogP contribution >= 0.6 is 15.9 Å². The fraction of sp³-hybridized carbons (Fsp3) is 0.636. The van der Waals surface area contributed by atoms with Crippen LogP contribution in [-0.4, -0.2) is 16.5 Å². The van der Waals surface area contributed by atoms with Crippen molar-refractivity contribution in [3.8, 4) is 0 Å². The summed E-state index contributed by atoms with van der Waals surface area (Å²) in [6, 6.07) is 0. The maximum Gasteiger partial charge on any atom is 0.144 e. The first-order valence-corrected chi connectivity index (χ1v) is 6.17. The summed E-state index contributed by atoms with van der Waals surface area (Å²) in [7, 11) is 0. The smallest absolute Gasteiger partial charge is 0.144 e. The van der Waals surface area contributed by atoms with Gasteiger partial charge in [0.2, 0.25) is 0 Å². The number of anilines is 1. The predicted molar refractivity (Wildman–Crippen MR) is 67.1 cm³/mol. The maximum absolute atomic E-state index is 4.29. The van der Waals surface area contributed by atoms with E-state index in [1.54, 1.807) is 6.33 Å². The summed E-state index contributed by atoms with van der Waals surface area (Å²) in [5, 5.41) is 3.28. The summed E-state index contributed by atoms with van der Waals surface area (Å²) in [4.78, 5) is 8.50. The first-order chi connectivity index (χ1) is 7.15. The van der Waals surface area contributed by atoms with Crippen LogP contribution in [0, 0.1) is 5.92 Å². The van der Waals surface area contributed by atoms with Crippen molar-refractivity contribution in [3.05, 3.63) is 16.5 Å². The van der Waals surface area contributed by atoms with Gasteiger partial charge in [-0.15, -0.1) is 0 Å². The molecule has 0 aromatic carbocycles. The molecule has 0 radical (unpaired) electrons. The third-order valence-electron chi connectivity index (χ3n) is 2.01. The van der Waals surface area contributed by atoms with Crippen molar-refractivity contribution >= 4 is 21.7 Å². The zero-order valence-electron chi connectivity index (χ0n) is 9.55. The molecule has 1 aromatic rings. The Hall–Kier alpha value is -0.640. The van der Waals surface area contributed by atoms with E-state index in [0.717, 1.165) is 35.4 Å². The molecule has 0 spiro atoms. The molecule has 0 saturated carbocycles. The fourth-order valence-corrected chi connectivity index (χ4v) is 1.81. The van der Waals surface area contributed by atoms with Gasteiger partial charge in [-0.1, -0.05) is 20.8 Å². The van der Waals surface area contributed by atoms with Gasteiger partial charge >= 0.3 is 0 Å². The van der Waals surface area contributed by atoms with Crippen LogP contribution in [-0.2, 0) is 6.42 Å². The van der Waals surface area contributed by atoms with Gasteiger partial charge in [0.05, 0.1) is 10.2 Å². The standard InChI is InChI=1S/C11H18BrN3/c1-4-5-13-11-10(12)9(6-8(2)3)14-7-15-11/h7-8H,4-6H2,1-3H3,(H,13,14,15). The lowest BCUT2D eigenvalue weighted by Gasteiger charge is -2.10. The van der Waals surface area contributed by atoms with E-state index in [2.05, 4.69) is 52.0 Å². The highest BCUT2D eigenvalue weighted by atomic mass is 79.9. The van der Waals surface area contributed by atoms with Crippen molar-refractivity contribution in [3.63, 3.8) is 0 Å². The monoisotopic (exact) mass is 271 g/mol.